The summed E-state index contributed by atoms with van der Waals surface area (Å²) in [6, 6.07) is 8.37. The third-order valence-electron chi connectivity index (χ3n) is 2.53. The van der Waals surface area contributed by atoms with E-state index < -0.39 is 0 Å². The summed E-state index contributed by atoms with van der Waals surface area (Å²) in [5.74, 6) is 0. The van der Waals surface area contributed by atoms with Crippen molar-refractivity contribution in [1.82, 2.24) is 8.75 Å². The van der Waals surface area contributed by atoms with Gasteiger partial charge in [0.1, 0.15) is 5.69 Å². The summed E-state index contributed by atoms with van der Waals surface area (Å²) in [5, 5.41) is 0. The fourth-order valence-corrected chi connectivity index (χ4v) is 2.25. The Labute approximate surface area is 91.8 Å². The summed E-state index contributed by atoms with van der Waals surface area (Å²) >= 11 is 1.23. The standard InChI is InChI=1S/C11H9N3S/c1-2-4-9-8(3-1)5-6-12-11(9)10-7-13-15-14-10/h1-4,7H,5-6H2. The molecule has 0 atom stereocenters. The molecule has 0 fully saturated rings. The topological polar surface area (TPSA) is 38.1 Å². The molecule has 1 aliphatic heterocycles. The van der Waals surface area contributed by atoms with Gasteiger partial charge in [0.15, 0.2) is 0 Å². The summed E-state index contributed by atoms with van der Waals surface area (Å²) in [5.41, 5.74) is 4.45. The van der Waals surface area contributed by atoms with Gasteiger partial charge >= 0.3 is 0 Å². The second-order valence-corrected chi connectivity index (χ2v) is 3.99. The third kappa shape index (κ3) is 1.47. The SMILES string of the molecule is c1ccc2c(c1)CCN=C2c1cnsn1. The van der Waals surface area contributed by atoms with Crippen LogP contribution in [0.1, 0.15) is 16.8 Å². The van der Waals surface area contributed by atoms with Gasteiger partial charge in [0.2, 0.25) is 0 Å². The largest absolute Gasteiger partial charge is 0.282 e. The molecule has 15 heavy (non-hydrogen) atoms. The number of hydrogen-bond donors (Lipinski definition) is 0. The molecule has 0 amide bonds. The molecule has 2 heterocycles. The van der Waals surface area contributed by atoms with E-state index in [2.05, 4.69) is 31.9 Å². The highest BCUT2D eigenvalue weighted by Gasteiger charge is 2.16. The zero-order valence-corrected chi connectivity index (χ0v) is 8.87. The maximum atomic E-state index is 4.53. The minimum Gasteiger partial charge on any atom is -0.282 e. The number of rotatable bonds is 1. The Kier molecular flexibility index (Phi) is 2.07. The van der Waals surface area contributed by atoms with Crippen LogP contribution in [0.5, 0.6) is 0 Å². The van der Waals surface area contributed by atoms with Gasteiger partial charge in [-0.1, -0.05) is 24.3 Å². The Morgan fingerprint density at radius 1 is 1.20 bits per heavy atom. The lowest BCUT2D eigenvalue weighted by molar-refractivity contribution is 0.942. The fraction of sp³-hybridized carbons (Fsp3) is 0.182. The maximum Gasteiger partial charge on any atom is 0.123 e. The van der Waals surface area contributed by atoms with Crippen molar-refractivity contribution in [3.63, 3.8) is 0 Å². The smallest absolute Gasteiger partial charge is 0.123 e. The molecule has 3 rings (SSSR count). The number of benzene rings is 1. The van der Waals surface area contributed by atoms with Crippen LogP contribution >= 0.6 is 11.7 Å². The van der Waals surface area contributed by atoms with Crippen molar-refractivity contribution in [3.8, 4) is 0 Å². The lowest BCUT2D eigenvalue weighted by Gasteiger charge is -2.14. The summed E-state index contributed by atoms with van der Waals surface area (Å²) in [4.78, 5) is 4.53. The molecule has 0 saturated heterocycles. The minimum absolute atomic E-state index is 0.851. The Morgan fingerprint density at radius 3 is 3.00 bits per heavy atom. The predicted octanol–water partition coefficient (Wildman–Crippen LogP) is 1.93. The second-order valence-electron chi connectivity index (χ2n) is 3.43. The molecule has 0 saturated carbocycles. The lowest BCUT2D eigenvalue weighted by atomic mass is 9.96. The Morgan fingerprint density at radius 2 is 2.13 bits per heavy atom. The van der Waals surface area contributed by atoms with Gasteiger partial charge in [-0.05, 0) is 12.0 Å². The number of fused-ring (bicyclic) bond motifs is 1. The van der Waals surface area contributed by atoms with Gasteiger partial charge in [-0.25, -0.2) is 0 Å². The molecule has 0 spiro atoms. The molecule has 0 aliphatic carbocycles. The van der Waals surface area contributed by atoms with Crippen molar-refractivity contribution >= 4 is 17.4 Å². The first-order valence-electron chi connectivity index (χ1n) is 4.86. The van der Waals surface area contributed by atoms with E-state index in [1.54, 1.807) is 6.20 Å². The van der Waals surface area contributed by atoms with E-state index in [0.717, 1.165) is 24.4 Å². The van der Waals surface area contributed by atoms with E-state index in [9.17, 15) is 0 Å². The number of nitrogens with zero attached hydrogens (tertiary/aromatic N) is 3. The number of hydrogen-bond acceptors (Lipinski definition) is 4. The van der Waals surface area contributed by atoms with Gasteiger partial charge in [-0.15, -0.1) is 0 Å². The summed E-state index contributed by atoms with van der Waals surface area (Å²) < 4.78 is 8.26. The Balaban J connectivity index is 2.15. The van der Waals surface area contributed by atoms with Crippen LogP contribution in [0.25, 0.3) is 0 Å². The van der Waals surface area contributed by atoms with E-state index >= 15 is 0 Å². The van der Waals surface area contributed by atoms with Crippen molar-refractivity contribution in [3.05, 3.63) is 47.3 Å². The number of aliphatic imine (C=N–C) groups is 1. The van der Waals surface area contributed by atoms with Gasteiger partial charge in [0.25, 0.3) is 0 Å². The molecule has 74 valence electrons. The van der Waals surface area contributed by atoms with Crippen LogP contribution < -0.4 is 0 Å². The van der Waals surface area contributed by atoms with Crippen LogP contribution in [0.4, 0.5) is 0 Å². The first-order valence-corrected chi connectivity index (χ1v) is 5.59. The van der Waals surface area contributed by atoms with Crippen molar-refractivity contribution in [2.24, 2.45) is 4.99 Å². The molecular formula is C11H9N3S. The zero-order chi connectivity index (χ0) is 10.1. The van der Waals surface area contributed by atoms with Crippen LogP contribution in [-0.4, -0.2) is 21.0 Å². The maximum absolute atomic E-state index is 4.53. The van der Waals surface area contributed by atoms with Crippen LogP contribution in [0, 0.1) is 0 Å². The summed E-state index contributed by atoms with van der Waals surface area (Å²) in [6.07, 6.45) is 2.81. The highest BCUT2D eigenvalue weighted by molar-refractivity contribution is 6.99. The first-order chi connectivity index (χ1) is 7.45. The molecule has 1 aromatic carbocycles. The van der Waals surface area contributed by atoms with E-state index in [1.165, 1.54) is 22.9 Å². The molecule has 2 aromatic rings. The lowest BCUT2D eigenvalue weighted by Crippen LogP contribution is -2.14. The van der Waals surface area contributed by atoms with Crippen LogP contribution in [0.2, 0.25) is 0 Å². The van der Waals surface area contributed by atoms with Crippen molar-refractivity contribution < 1.29 is 0 Å². The molecule has 1 aliphatic rings. The van der Waals surface area contributed by atoms with Crippen molar-refractivity contribution in [2.45, 2.75) is 6.42 Å². The Bertz CT molecular complexity index is 502. The highest BCUT2D eigenvalue weighted by Crippen LogP contribution is 2.19. The summed E-state index contributed by atoms with van der Waals surface area (Å²) in [6.45, 7) is 0.851. The predicted molar refractivity (Wildman–Crippen MR) is 60.6 cm³/mol. The van der Waals surface area contributed by atoms with Gasteiger partial charge in [-0.2, -0.15) is 8.75 Å². The molecule has 0 unspecified atom stereocenters. The molecule has 1 aromatic heterocycles. The summed E-state index contributed by atoms with van der Waals surface area (Å²) in [7, 11) is 0. The zero-order valence-electron chi connectivity index (χ0n) is 8.05. The van der Waals surface area contributed by atoms with E-state index in [4.69, 9.17) is 0 Å². The van der Waals surface area contributed by atoms with Gasteiger partial charge in [0.05, 0.1) is 23.6 Å². The van der Waals surface area contributed by atoms with Gasteiger partial charge < -0.3 is 0 Å². The molecule has 0 bridgehead atoms. The van der Waals surface area contributed by atoms with Crippen LogP contribution in [-0.2, 0) is 6.42 Å². The number of aromatic nitrogens is 2. The van der Waals surface area contributed by atoms with Gasteiger partial charge in [0, 0.05) is 12.1 Å². The molecule has 3 nitrogen and oxygen atoms in total. The normalized spacial score (nSPS) is 14.5. The molecule has 4 heteroatoms. The first kappa shape index (κ1) is 8.73. The van der Waals surface area contributed by atoms with E-state index in [0.29, 0.717) is 0 Å². The van der Waals surface area contributed by atoms with Crippen LogP contribution in [0.15, 0.2) is 35.5 Å². The minimum atomic E-state index is 0.851. The van der Waals surface area contributed by atoms with Crippen LogP contribution in [0.3, 0.4) is 0 Å². The Hall–Kier alpha value is -1.55. The quantitative estimate of drug-likeness (QED) is 0.729. The average Bonchev–Trinajstić information content (AvgIpc) is 2.82. The molecule has 0 radical (unpaired) electrons. The fourth-order valence-electron chi connectivity index (χ4n) is 1.83. The van der Waals surface area contributed by atoms with Crippen molar-refractivity contribution in [1.29, 1.82) is 0 Å². The van der Waals surface area contributed by atoms with Crippen molar-refractivity contribution in [2.75, 3.05) is 6.54 Å². The average molecular weight is 215 g/mol. The van der Waals surface area contributed by atoms with E-state index in [-0.39, 0.29) is 0 Å². The third-order valence-corrected chi connectivity index (χ3v) is 3.01. The van der Waals surface area contributed by atoms with Gasteiger partial charge in [-0.3, -0.25) is 4.99 Å². The highest BCUT2D eigenvalue weighted by atomic mass is 32.1. The molecular weight excluding hydrogens is 206 g/mol. The second kappa shape index (κ2) is 3.55. The monoisotopic (exact) mass is 215 g/mol. The van der Waals surface area contributed by atoms with E-state index in [1.807, 2.05) is 6.07 Å². The molecule has 0 N–H and O–H groups in total.